The van der Waals surface area contributed by atoms with Crippen LogP contribution < -0.4 is 15.5 Å². The second kappa shape index (κ2) is 12.5. The second-order valence-corrected chi connectivity index (χ2v) is 6.91. The molecule has 0 atom stereocenters. The van der Waals surface area contributed by atoms with Gasteiger partial charge in [-0.2, -0.15) is 5.10 Å². The summed E-state index contributed by atoms with van der Waals surface area (Å²) in [5.74, 6) is 1.05. The molecule has 8 heteroatoms. The van der Waals surface area contributed by atoms with E-state index in [1.807, 2.05) is 34.0 Å². The average molecular weight is 510 g/mol. The molecule has 0 aliphatic carbocycles. The maximum atomic E-state index is 12.0. The Balaban J connectivity index is 0.00000300. The van der Waals surface area contributed by atoms with Gasteiger partial charge in [-0.25, -0.2) is 4.99 Å². The highest BCUT2D eigenvalue weighted by Gasteiger charge is 2.19. The van der Waals surface area contributed by atoms with Crippen LogP contribution in [0.5, 0.6) is 0 Å². The Morgan fingerprint density at radius 2 is 2.03 bits per heavy atom. The van der Waals surface area contributed by atoms with Gasteiger partial charge in [0.2, 0.25) is 5.91 Å². The van der Waals surface area contributed by atoms with Crippen molar-refractivity contribution in [1.29, 1.82) is 0 Å². The lowest BCUT2D eigenvalue weighted by atomic mass is 10.1. The van der Waals surface area contributed by atoms with E-state index >= 15 is 0 Å². The van der Waals surface area contributed by atoms with Gasteiger partial charge in [0.05, 0.1) is 6.54 Å². The molecule has 2 heterocycles. The molecule has 0 spiro atoms. The molecule has 29 heavy (non-hydrogen) atoms. The Morgan fingerprint density at radius 3 is 2.72 bits per heavy atom. The lowest BCUT2D eigenvalue weighted by Gasteiger charge is -2.26. The highest BCUT2D eigenvalue weighted by molar-refractivity contribution is 14.0. The van der Waals surface area contributed by atoms with Gasteiger partial charge in [-0.1, -0.05) is 12.1 Å². The second-order valence-electron chi connectivity index (χ2n) is 6.91. The van der Waals surface area contributed by atoms with Crippen LogP contribution in [0.15, 0.2) is 47.7 Å². The lowest BCUT2D eigenvalue weighted by Crippen LogP contribution is -2.38. The smallest absolute Gasteiger partial charge is 0.226 e. The van der Waals surface area contributed by atoms with Gasteiger partial charge >= 0.3 is 0 Å². The van der Waals surface area contributed by atoms with Gasteiger partial charge in [0.1, 0.15) is 0 Å². The quantitative estimate of drug-likeness (QED) is 0.248. The number of aromatic nitrogens is 2. The van der Waals surface area contributed by atoms with Gasteiger partial charge < -0.3 is 15.5 Å². The van der Waals surface area contributed by atoms with Gasteiger partial charge in [0.25, 0.3) is 0 Å². The summed E-state index contributed by atoms with van der Waals surface area (Å²) >= 11 is 0. The first-order valence-corrected chi connectivity index (χ1v) is 10.1. The lowest BCUT2D eigenvalue weighted by molar-refractivity contribution is -0.119. The standard InChI is InChI=1S/C21H30N6O.HI/c1-2-22-21(23-12-5-14-26-15-6-13-25-26)24-17-18-8-10-19(11-9-18)27-16-4-3-7-20(27)28;/h6,8-11,13,15H,2-5,7,12,14,16-17H2,1H3,(H2,22,23,24);1H. The fourth-order valence-corrected chi connectivity index (χ4v) is 3.25. The predicted octanol–water partition coefficient (Wildman–Crippen LogP) is 3.16. The number of piperidine rings is 1. The monoisotopic (exact) mass is 510 g/mol. The Hall–Kier alpha value is -2.10. The Kier molecular flexibility index (Phi) is 9.96. The van der Waals surface area contributed by atoms with Crippen LogP contribution in [0.3, 0.4) is 0 Å². The molecule has 0 bridgehead atoms. The fraction of sp³-hybridized carbons (Fsp3) is 0.476. The number of carbonyl (C=O) groups excluding carboxylic acids is 1. The zero-order valence-corrected chi connectivity index (χ0v) is 19.3. The maximum absolute atomic E-state index is 12.0. The summed E-state index contributed by atoms with van der Waals surface area (Å²) in [4.78, 5) is 18.6. The summed E-state index contributed by atoms with van der Waals surface area (Å²) in [7, 11) is 0. The molecule has 2 aromatic rings. The zero-order chi connectivity index (χ0) is 19.6. The van der Waals surface area contributed by atoms with Crippen molar-refractivity contribution in [2.45, 2.75) is 45.7 Å². The normalized spacial score (nSPS) is 14.4. The van der Waals surface area contributed by atoms with Crippen molar-refractivity contribution in [2.75, 3.05) is 24.5 Å². The number of nitrogens with one attached hydrogen (secondary N) is 2. The molecule has 0 radical (unpaired) electrons. The number of nitrogens with zero attached hydrogens (tertiary/aromatic N) is 4. The Morgan fingerprint density at radius 1 is 1.21 bits per heavy atom. The van der Waals surface area contributed by atoms with Gasteiger partial charge in [-0.05, 0) is 49.9 Å². The summed E-state index contributed by atoms with van der Waals surface area (Å²) < 4.78 is 1.93. The number of hydrogen-bond donors (Lipinski definition) is 2. The number of hydrogen-bond acceptors (Lipinski definition) is 3. The van der Waals surface area contributed by atoms with E-state index < -0.39 is 0 Å². The molecule has 158 valence electrons. The average Bonchev–Trinajstić information content (AvgIpc) is 3.24. The van der Waals surface area contributed by atoms with Gasteiger partial charge in [0.15, 0.2) is 5.96 Å². The number of carbonyl (C=O) groups is 1. The van der Waals surface area contributed by atoms with Crippen LogP contribution in [0.2, 0.25) is 0 Å². The predicted molar refractivity (Wildman–Crippen MR) is 128 cm³/mol. The molecule has 1 aromatic heterocycles. The van der Waals surface area contributed by atoms with E-state index in [-0.39, 0.29) is 29.9 Å². The van der Waals surface area contributed by atoms with Crippen molar-refractivity contribution < 1.29 is 4.79 Å². The third-order valence-electron chi connectivity index (χ3n) is 4.75. The van der Waals surface area contributed by atoms with Crippen molar-refractivity contribution in [3.63, 3.8) is 0 Å². The largest absolute Gasteiger partial charge is 0.357 e. The Bertz CT molecular complexity index is 760. The molecule has 1 amide bonds. The first-order valence-electron chi connectivity index (χ1n) is 10.1. The highest BCUT2D eigenvalue weighted by Crippen LogP contribution is 2.21. The molecule has 1 aromatic carbocycles. The van der Waals surface area contributed by atoms with Gasteiger partial charge in [-0.15, -0.1) is 24.0 Å². The number of amides is 1. The summed E-state index contributed by atoms with van der Waals surface area (Å²) in [5.41, 5.74) is 2.11. The number of halogens is 1. The van der Waals surface area contributed by atoms with Crippen LogP contribution in [0, 0.1) is 0 Å². The maximum Gasteiger partial charge on any atom is 0.226 e. The van der Waals surface area contributed by atoms with E-state index in [2.05, 4.69) is 39.8 Å². The third kappa shape index (κ3) is 7.34. The van der Waals surface area contributed by atoms with E-state index in [4.69, 9.17) is 0 Å². The molecule has 1 fully saturated rings. The van der Waals surface area contributed by atoms with E-state index in [1.165, 1.54) is 0 Å². The molecule has 1 aliphatic rings. The van der Waals surface area contributed by atoms with Crippen molar-refractivity contribution >= 4 is 41.5 Å². The summed E-state index contributed by atoms with van der Waals surface area (Å²) in [6, 6.07) is 10.1. The number of aryl methyl sites for hydroxylation is 1. The molecule has 1 aliphatic heterocycles. The summed E-state index contributed by atoms with van der Waals surface area (Å²) in [6.45, 7) is 6.02. The van der Waals surface area contributed by atoms with E-state index in [0.717, 1.165) is 62.7 Å². The summed E-state index contributed by atoms with van der Waals surface area (Å²) in [5, 5.41) is 10.9. The molecule has 1 saturated heterocycles. The highest BCUT2D eigenvalue weighted by atomic mass is 127. The minimum absolute atomic E-state index is 0. The molecule has 0 unspecified atom stereocenters. The summed E-state index contributed by atoms with van der Waals surface area (Å²) in [6.07, 6.45) is 7.49. The van der Waals surface area contributed by atoms with Crippen LogP contribution in [0.1, 0.15) is 38.2 Å². The number of benzene rings is 1. The molecule has 3 rings (SSSR count). The minimum atomic E-state index is 0. The number of guanidine groups is 1. The van der Waals surface area contributed by atoms with Crippen LogP contribution in [0.25, 0.3) is 0 Å². The topological polar surface area (TPSA) is 74.6 Å². The first-order chi connectivity index (χ1) is 13.8. The minimum Gasteiger partial charge on any atom is -0.357 e. The van der Waals surface area contributed by atoms with Gasteiger partial charge in [0, 0.05) is 50.7 Å². The molecular formula is C21H31IN6O. The molecule has 7 nitrogen and oxygen atoms in total. The number of rotatable bonds is 8. The SMILES string of the molecule is CCNC(=NCc1ccc(N2CCCCC2=O)cc1)NCCCn1cccn1.I. The van der Waals surface area contributed by atoms with E-state index in [1.54, 1.807) is 6.20 Å². The molecule has 0 saturated carbocycles. The molecular weight excluding hydrogens is 479 g/mol. The van der Waals surface area contributed by atoms with E-state index in [0.29, 0.717) is 13.0 Å². The van der Waals surface area contributed by atoms with Crippen molar-refractivity contribution in [3.8, 4) is 0 Å². The van der Waals surface area contributed by atoms with Crippen molar-refractivity contribution in [2.24, 2.45) is 4.99 Å². The van der Waals surface area contributed by atoms with Gasteiger partial charge in [-0.3, -0.25) is 9.48 Å². The van der Waals surface area contributed by atoms with Crippen LogP contribution in [-0.2, 0) is 17.9 Å². The van der Waals surface area contributed by atoms with E-state index in [9.17, 15) is 4.79 Å². The number of aliphatic imine (C=N–C) groups is 1. The zero-order valence-electron chi connectivity index (χ0n) is 17.0. The Labute approximate surface area is 190 Å². The third-order valence-corrected chi connectivity index (χ3v) is 4.75. The van der Waals surface area contributed by atoms with Crippen LogP contribution >= 0.6 is 24.0 Å². The van der Waals surface area contributed by atoms with Crippen LogP contribution in [-0.4, -0.2) is 41.3 Å². The number of anilines is 1. The molecule has 2 N–H and O–H groups in total. The van der Waals surface area contributed by atoms with Crippen LogP contribution in [0.4, 0.5) is 5.69 Å². The first kappa shape index (κ1) is 23.2. The fourth-order valence-electron chi connectivity index (χ4n) is 3.25. The van der Waals surface area contributed by atoms with Crippen molar-refractivity contribution in [3.05, 3.63) is 48.3 Å². The van der Waals surface area contributed by atoms with Crippen molar-refractivity contribution in [1.82, 2.24) is 20.4 Å².